The number of anilines is 2. The van der Waals surface area contributed by atoms with E-state index in [-0.39, 0.29) is 0 Å². The predicted octanol–water partition coefficient (Wildman–Crippen LogP) is 6.21. The zero-order chi connectivity index (χ0) is 21.9. The molecule has 164 valence electrons. The number of nitrogens with zero attached hydrogens (tertiary/aromatic N) is 3. The van der Waals surface area contributed by atoms with Crippen molar-refractivity contribution in [1.29, 1.82) is 0 Å². The normalized spacial score (nSPS) is 15.0. The summed E-state index contributed by atoms with van der Waals surface area (Å²) in [7, 11) is 0. The maximum absolute atomic E-state index is 6.41. The van der Waals surface area contributed by atoms with Crippen LogP contribution in [0.1, 0.15) is 25.3 Å². The molecule has 0 spiro atoms. The van der Waals surface area contributed by atoms with Crippen LogP contribution in [0.3, 0.4) is 0 Å². The van der Waals surface area contributed by atoms with Crippen molar-refractivity contribution in [2.75, 3.05) is 31.6 Å². The standard InChI is InChI=1S/C25H25ClN4O2/c1-17(29-32-15-14-30-12-4-5-13-30)18-8-10-19(11-9-18)27-24-20-6-2-3-7-22(20)28-25-23(24)21(26)16-31-25/h2-3,6-11,16H,4-5,12-15H2,1H3,(H,27,28). The van der Waals surface area contributed by atoms with Gasteiger partial charge >= 0.3 is 0 Å². The molecule has 1 aliphatic rings. The first kappa shape index (κ1) is 20.8. The predicted molar refractivity (Wildman–Crippen MR) is 130 cm³/mol. The summed E-state index contributed by atoms with van der Waals surface area (Å²) in [6.07, 6.45) is 4.10. The summed E-state index contributed by atoms with van der Waals surface area (Å²) in [4.78, 5) is 12.5. The van der Waals surface area contributed by atoms with Gasteiger partial charge in [0.05, 0.1) is 27.3 Å². The fourth-order valence-electron chi connectivity index (χ4n) is 4.10. The number of aromatic nitrogens is 1. The highest BCUT2D eigenvalue weighted by Gasteiger charge is 2.15. The van der Waals surface area contributed by atoms with Gasteiger partial charge in [0.15, 0.2) is 0 Å². The maximum Gasteiger partial charge on any atom is 0.230 e. The van der Waals surface area contributed by atoms with Crippen molar-refractivity contribution in [1.82, 2.24) is 9.88 Å². The van der Waals surface area contributed by atoms with Crippen LogP contribution in [-0.2, 0) is 4.84 Å². The Morgan fingerprint density at radius 2 is 1.94 bits per heavy atom. The highest BCUT2D eigenvalue weighted by Crippen LogP contribution is 2.38. The zero-order valence-electron chi connectivity index (χ0n) is 18.0. The molecule has 4 aromatic rings. The largest absolute Gasteiger partial charge is 0.444 e. The quantitative estimate of drug-likeness (QED) is 0.207. The molecule has 0 bridgehead atoms. The van der Waals surface area contributed by atoms with E-state index >= 15 is 0 Å². The number of rotatable bonds is 7. The van der Waals surface area contributed by atoms with Crippen LogP contribution >= 0.6 is 11.6 Å². The summed E-state index contributed by atoms with van der Waals surface area (Å²) in [6, 6.07) is 16.0. The van der Waals surface area contributed by atoms with Crippen LogP contribution in [0.5, 0.6) is 0 Å². The highest BCUT2D eigenvalue weighted by molar-refractivity contribution is 6.37. The van der Waals surface area contributed by atoms with E-state index < -0.39 is 0 Å². The van der Waals surface area contributed by atoms with Gasteiger partial charge in [0.1, 0.15) is 12.9 Å². The van der Waals surface area contributed by atoms with Crippen LogP contribution in [0, 0.1) is 0 Å². The third-order valence-corrected chi connectivity index (χ3v) is 6.12. The lowest BCUT2D eigenvalue weighted by Crippen LogP contribution is -2.23. The molecule has 6 nitrogen and oxygen atoms in total. The van der Waals surface area contributed by atoms with Crippen molar-refractivity contribution >= 4 is 50.7 Å². The number of benzene rings is 2. The molecule has 0 saturated carbocycles. The lowest BCUT2D eigenvalue weighted by atomic mass is 10.1. The molecule has 0 unspecified atom stereocenters. The van der Waals surface area contributed by atoms with Gasteiger partial charge in [0.25, 0.3) is 0 Å². The van der Waals surface area contributed by atoms with E-state index in [1.807, 2.05) is 55.5 Å². The monoisotopic (exact) mass is 448 g/mol. The number of halogens is 1. The Kier molecular flexibility index (Phi) is 5.97. The van der Waals surface area contributed by atoms with E-state index in [1.54, 1.807) is 0 Å². The molecule has 0 aliphatic carbocycles. The van der Waals surface area contributed by atoms with Gasteiger partial charge in [-0.2, -0.15) is 0 Å². The van der Waals surface area contributed by atoms with Crippen LogP contribution in [-0.4, -0.2) is 41.8 Å². The minimum atomic E-state index is 0.516. The number of furan rings is 1. The molecule has 5 rings (SSSR count). The topological polar surface area (TPSA) is 62.9 Å². The van der Waals surface area contributed by atoms with Gasteiger partial charge in [-0.1, -0.05) is 47.1 Å². The van der Waals surface area contributed by atoms with E-state index in [4.69, 9.17) is 20.9 Å². The van der Waals surface area contributed by atoms with Gasteiger partial charge in [-0.15, -0.1) is 0 Å². The second-order valence-electron chi connectivity index (χ2n) is 8.03. The minimum Gasteiger partial charge on any atom is -0.444 e. The number of likely N-dealkylation sites (tertiary alicyclic amines) is 1. The van der Waals surface area contributed by atoms with Gasteiger partial charge in [0, 0.05) is 17.6 Å². The number of hydrogen-bond acceptors (Lipinski definition) is 6. The lowest BCUT2D eigenvalue weighted by molar-refractivity contribution is 0.119. The Hall–Kier alpha value is -3.09. The second-order valence-corrected chi connectivity index (χ2v) is 8.44. The fourth-order valence-corrected chi connectivity index (χ4v) is 4.32. The summed E-state index contributed by atoms with van der Waals surface area (Å²) in [5.74, 6) is 0. The van der Waals surface area contributed by atoms with Gasteiger partial charge in [0.2, 0.25) is 5.71 Å². The molecule has 0 radical (unpaired) electrons. The Bertz CT molecular complexity index is 1260. The van der Waals surface area contributed by atoms with E-state index in [0.29, 0.717) is 17.3 Å². The Morgan fingerprint density at radius 3 is 2.75 bits per heavy atom. The molecule has 0 amide bonds. The average molecular weight is 449 g/mol. The fraction of sp³-hybridized carbons (Fsp3) is 0.280. The molecule has 1 fully saturated rings. The molecular formula is C25H25ClN4O2. The molecule has 0 atom stereocenters. The molecule has 2 aromatic carbocycles. The van der Waals surface area contributed by atoms with Crippen LogP contribution in [0.4, 0.5) is 11.4 Å². The number of nitrogens with one attached hydrogen (secondary N) is 1. The molecule has 3 heterocycles. The van der Waals surface area contributed by atoms with Crippen molar-refractivity contribution in [2.24, 2.45) is 5.16 Å². The van der Waals surface area contributed by atoms with Crippen LogP contribution in [0.15, 0.2) is 64.4 Å². The molecule has 1 N–H and O–H groups in total. The molecule has 2 aromatic heterocycles. The van der Waals surface area contributed by atoms with Gasteiger partial charge in [-0.3, -0.25) is 4.90 Å². The zero-order valence-corrected chi connectivity index (χ0v) is 18.7. The van der Waals surface area contributed by atoms with E-state index in [2.05, 4.69) is 20.4 Å². The van der Waals surface area contributed by atoms with Gasteiger partial charge < -0.3 is 14.6 Å². The molecule has 1 saturated heterocycles. The Labute approximate surface area is 191 Å². The number of hydrogen-bond donors (Lipinski definition) is 1. The summed E-state index contributed by atoms with van der Waals surface area (Å²) in [6.45, 7) is 5.86. The SMILES string of the molecule is CC(=NOCCN1CCCC1)c1ccc(Nc2c3ccccc3nc3occ(Cl)c23)cc1. The Balaban J connectivity index is 1.33. The van der Waals surface area contributed by atoms with E-state index in [1.165, 1.54) is 32.2 Å². The van der Waals surface area contributed by atoms with Crippen molar-refractivity contribution in [2.45, 2.75) is 19.8 Å². The number of para-hydroxylation sites is 1. The average Bonchev–Trinajstić information content (AvgIpc) is 3.47. The minimum absolute atomic E-state index is 0.516. The number of pyridine rings is 1. The molecule has 7 heteroatoms. The summed E-state index contributed by atoms with van der Waals surface area (Å²) < 4.78 is 5.55. The van der Waals surface area contributed by atoms with Crippen molar-refractivity contribution in [3.8, 4) is 0 Å². The first-order chi connectivity index (χ1) is 15.7. The van der Waals surface area contributed by atoms with Crippen LogP contribution < -0.4 is 5.32 Å². The smallest absolute Gasteiger partial charge is 0.230 e. The van der Waals surface area contributed by atoms with Crippen LogP contribution in [0.25, 0.3) is 22.0 Å². The lowest BCUT2D eigenvalue weighted by Gasteiger charge is -2.13. The first-order valence-corrected chi connectivity index (χ1v) is 11.3. The second kappa shape index (κ2) is 9.18. The van der Waals surface area contributed by atoms with Crippen molar-refractivity contribution < 1.29 is 9.25 Å². The van der Waals surface area contributed by atoms with E-state index in [9.17, 15) is 0 Å². The molecular weight excluding hydrogens is 424 g/mol. The van der Waals surface area contributed by atoms with Crippen LogP contribution in [0.2, 0.25) is 5.02 Å². The van der Waals surface area contributed by atoms with Gasteiger partial charge in [-0.05, 0) is 56.6 Å². The first-order valence-electron chi connectivity index (χ1n) is 10.9. The summed E-state index contributed by atoms with van der Waals surface area (Å²) >= 11 is 6.41. The van der Waals surface area contributed by atoms with E-state index in [0.717, 1.165) is 45.5 Å². The summed E-state index contributed by atoms with van der Waals surface area (Å²) in [5.41, 5.74) is 5.05. The molecule has 1 aliphatic heterocycles. The Morgan fingerprint density at radius 1 is 1.16 bits per heavy atom. The van der Waals surface area contributed by atoms with Crippen molar-refractivity contribution in [3.05, 3.63) is 65.4 Å². The highest BCUT2D eigenvalue weighted by atomic mass is 35.5. The maximum atomic E-state index is 6.41. The number of fused-ring (bicyclic) bond motifs is 2. The number of oxime groups is 1. The third-order valence-electron chi connectivity index (χ3n) is 5.84. The summed E-state index contributed by atoms with van der Waals surface area (Å²) in [5, 5.41) is 10.1. The third kappa shape index (κ3) is 4.29. The van der Waals surface area contributed by atoms with Crippen molar-refractivity contribution in [3.63, 3.8) is 0 Å². The molecule has 32 heavy (non-hydrogen) atoms. The van der Waals surface area contributed by atoms with Gasteiger partial charge in [-0.25, -0.2) is 4.98 Å².